The van der Waals surface area contributed by atoms with Crippen molar-refractivity contribution in [3.05, 3.63) is 33.1 Å². The maximum atomic E-state index is 12.1. The number of hydrogen-bond acceptors (Lipinski definition) is 8. The summed E-state index contributed by atoms with van der Waals surface area (Å²) in [5.41, 5.74) is -1.91. The van der Waals surface area contributed by atoms with Crippen molar-refractivity contribution in [3.8, 4) is 0 Å². The van der Waals surface area contributed by atoms with Gasteiger partial charge in [0.2, 0.25) is 0 Å². The van der Waals surface area contributed by atoms with Gasteiger partial charge in [0.1, 0.15) is 18.3 Å². The largest absolute Gasteiger partial charge is 0.394 e. The van der Waals surface area contributed by atoms with Crippen LogP contribution in [0, 0.1) is 0 Å². The molecule has 0 saturated carbocycles. The molecule has 1 aromatic rings. The average Bonchev–Trinajstić information content (AvgIpc) is 2.63. The summed E-state index contributed by atoms with van der Waals surface area (Å²) in [6, 6.07) is 0.864. The van der Waals surface area contributed by atoms with E-state index < -0.39 is 51.1 Å². The van der Waals surface area contributed by atoms with E-state index in [4.69, 9.17) is 9.84 Å². The molecule has 1 fully saturated rings. The van der Waals surface area contributed by atoms with Crippen LogP contribution in [0.3, 0.4) is 0 Å². The van der Waals surface area contributed by atoms with Gasteiger partial charge in [-0.2, -0.15) is 0 Å². The molecule has 0 radical (unpaired) electrons. The number of nitrogens with one attached hydrogen (secondary N) is 1. The number of sulfone groups is 1. The molecule has 0 spiro atoms. The van der Waals surface area contributed by atoms with Crippen molar-refractivity contribution in [2.45, 2.75) is 23.4 Å². The predicted molar refractivity (Wildman–Crippen MR) is 68.1 cm³/mol. The lowest BCUT2D eigenvalue weighted by Crippen LogP contribution is -2.56. The molecule has 2 rings (SSSR count). The number of aromatic nitrogens is 2. The Morgan fingerprint density at radius 3 is 2.48 bits per heavy atom. The fourth-order valence-corrected chi connectivity index (χ4v) is 3.65. The summed E-state index contributed by atoms with van der Waals surface area (Å²) in [4.78, 5) is 24.7. The molecule has 0 unspecified atom stereocenters. The molecule has 21 heavy (non-hydrogen) atoms. The van der Waals surface area contributed by atoms with Crippen LogP contribution in [-0.4, -0.2) is 64.5 Å². The Kier molecular flexibility index (Phi) is 3.80. The quantitative estimate of drug-likeness (QED) is 0.442. The highest BCUT2D eigenvalue weighted by molar-refractivity contribution is 7.91. The van der Waals surface area contributed by atoms with Gasteiger partial charge in [-0.05, 0) is 0 Å². The minimum absolute atomic E-state index is 0.466. The normalized spacial score (nSPS) is 33.2. The van der Waals surface area contributed by atoms with E-state index >= 15 is 0 Å². The topological polar surface area (TPSA) is 159 Å². The lowest BCUT2D eigenvalue weighted by Gasteiger charge is -2.31. The van der Waals surface area contributed by atoms with Gasteiger partial charge >= 0.3 is 5.69 Å². The number of aliphatic hydroxyl groups excluding tert-OH is 3. The zero-order valence-electron chi connectivity index (χ0n) is 10.8. The molecule has 11 heteroatoms. The van der Waals surface area contributed by atoms with Crippen molar-refractivity contribution in [3.63, 3.8) is 0 Å². The molecule has 0 aromatic carbocycles. The predicted octanol–water partition coefficient (Wildman–Crippen LogP) is -3.70. The van der Waals surface area contributed by atoms with Crippen LogP contribution in [0.4, 0.5) is 0 Å². The summed E-state index contributed by atoms with van der Waals surface area (Å²) >= 11 is 0. The van der Waals surface area contributed by atoms with E-state index in [0.717, 1.165) is 12.3 Å². The zero-order valence-corrected chi connectivity index (χ0v) is 11.6. The number of aliphatic hydroxyl groups is 3. The van der Waals surface area contributed by atoms with E-state index in [0.29, 0.717) is 10.8 Å². The molecular weight excluding hydrogens is 308 g/mol. The molecule has 4 atom stereocenters. The van der Waals surface area contributed by atoms with Gasteiger partial charge in [0.25, 0.3) is 10.6 Å². The first-order chi connectivity index (χ1) is 9.65. The number of nitrogens with zero attached hydrogens (tertiary/aromatic N) is 1. The van der Waals surface area contributed by atoms with Crippen molar-refractivity contribution in [1.29, 1.82) is 0 Å². The van der Waals surface area contributed by atoms with Crippen molar-refractivity contribution in [1.82, 2.24) is 9.55 Å². The number of H-pyrrole nitrogens is 1. The van der Waals surface area contributed by atoms with Gasteiger partial charge in [0.05, 0.1) is 6.61 Å². The van der Waals surface area contributed by atoms with E-state index in [1.165, 1.54) is 0 Å². The highest BCUT2D eigenvalue weighted by Gasteiger charge is 2.62. The summed E-state index contributed by atoms with van der Waals surface area (Å²) in [6.07, 6.45) is -3.65. The monoisotopic (exact) mass is 322 g/mol. The van der Waals surface area contributed by atoms with Crippen LogP contribution in [0.5, 0.6) is 0 Å². The van der Waals surface area contributed by atoms with Crippen LogP contribution in [0.1, 0.15) is 0 Å². The molecule has 0 amide bonds. The molecule has 0 bridgehead atoms. The maximum Gasteiger partial charge on any atom is 0.331 e. The first-order valence-corrected chi connectivity index (χ1v) is 7.71. The van der Waals surface area contributed by atoms with Gasteiger partial charge < -0.3 is 20.1 Å². The third kappa shape index (κ3) is 2.22. The fraction of sp³-hybridized carbons (Fsp3) is 0.600. The van der Waals surface area contributed by atoms with Crippen LogP contribution in [0.15, 0.2) is 21.9 Å². The van der Waals surface area contributed by atoms with Gasteiger partial charge in [-0.3, -0.25) is 14.3 Å². The van der Waals surface area contributed by atoms with Gasteiger partial charge in [0.15, 0.2) is 9.84 Å². The second kappa shape index (κ2) is 5.03. The van der Waals surface area contributed by atoms with E-state index in [1.54, 1.807) is 0 Å². The van der Waals surface area contributed by atoms with Crippen molar-refractivity contribution in [2.75, 3.05) is 12.9 Å². The summed E-state index contributed by atoms with van der Waals surface area (Å²) < 4.78 is 29.7. The highest BCUT2D eigenvalue weighted by Crippen LogP contribution is 2.38. The fourth-order valence-electron chi connectivity index (χ4n) is 2.27. The first-order valence-electron chi connectivity index (χ1n) is 5.82. The average molecular weight is 322 g/mol. The van der Waals surface area contributed by atoms with Crippen molar-refractivity contribution < 1.29 is 28.5 Å². The third-order valence-corrected chi connectivity index (χ3v) is 4.87. The molecule has 1 aromatic heterocycles. The van der Waals surface area contributed by atoms with Gasteiger partial charge in [-0.1, -0.05) is 0 Å². The number of aromatic amines is 1. The molecule has 1 aliphatic rings. The molecule has 118 valence electrons. The Morgan fingerprint density at radius 1 is 1.43 bits per heavy atom. The summed E-state index contributed by atoms with van der Waals surface area (Å²) in [7, 11) is -4.28. The summed E-state index contributed by atoms with van der Waals surface area (Å²) in [5.74, 6) is 0. The van der Waals surface area contributed by atoms with Gasteiger partial charge in [0, 0.05) is 18.5 Å². The Balaban J connectivity index is 2.77. The highest BCUT2D eigenvalue weighted by atomic mass is 32.2. The molecule has 10 nitrogen and oxygen atoms in total. The molecule has 4 N–H and O–H groups in total. The van der Waals surface area contributed by atoms with Gasteiger partial charge in [-0.15, -0.1) is 0 Å². The Labute approximate surface area is 118 Å². The Hall–Kier alpha value is -1.53. The Morgan fingerprint density at radius 2 is 2.05 bits per heavy atom. The zero-order chi connectivity index (χ0) is 16.0. The summed E-state index contributed by atoms with van der Waals surface area (Å²) in [6.45, 7) is -0.770. The second-order valence-electron chi connectivity index (χ2n) is 4.66. The van der Waals surface area contributed by atoms with Crippen molar-refractivity contribution in [2.24, 2.45) is 0 Å². The summed E-state index contributed by atoms with van der Waals surface area (Å²) in [5, 5.41) is 26.3. The maximum absolute atomic E-state index is 12.1. The van der Waals surface area contributed by atoms with Crippen LogP contribution < -0.4 is 11.2 Å². The number of hydrogen-bond donors (Lipinski definition) is 4. The van der Waals surface area contributed by atoms with E-state index in [1.807, 2.05) is 4.98 Å². The van der Waals surface area contributed by atoms with Crippen LogP contribution >= 0.6 is 0 Å². The number of ether oxygens (including phenoxy) is 1. The standard InChI is InChI=1S/C10H14N2O8S/c1-21(18,19)10(8(16)7(15)5(4-13)20-10)12-3-2-6(14)11-9(12)17/h2-3,5,7-8,13,15-16H,4H2,1H3,(H,11,14,17)/t5-,7-,8-,10+/m1/s1. The van der Waals surface area contributed by atoms with Crippen LogP contribution in [0.25, 0.3) is 0 Å². The lowest BCUT2D eigenvalue weighted by atomic mass is 10.1. The van der Waals surface area contributed by atoms with Crippen molar-refractivity contribution >= 4 is 9.84 Å². The molecule has 1 saturated heterocycles. The molecular formula is C10H14N2O8S. The molecule has 2 heterocycles. The molecule has 0 aliphatic carbocycles. The van der Waals surface area contributed by atoms with E-state index in [-0.39, 0.29) is 0 Å². The second-order valence-corrected chi connectivity index (χ2v) is 6.79. The first kappa shape index (κ1) is 15.9. The molecule has 1 aliphatic heterocycles. The SMILES string of the molecule is CS(=O)(=O)[C@@]1(n2ccc(=O)[nH]c2=O)O[C@H](CO)[C@@H](O)[C@H]1O. The Bertz CT molecular complexity index is 753. The minimum Gasteiger partial charge on any atom is -0.394 e. The van der Waals surface area contributed by atoms with Crippen LogP contribution in [0.2, 0.25) is 0 Å². The van der Waals surface area contributed by atoms with Gasteiger partial charge in [-0.25, -0.2) is 13.2 Å². The smallest absolute Gasteiger partial charge is 0.331 e. The van der Waals surface area contributed by atoms with E-state index in [2.05, 4.69) is 0 Å². The van der Waals surface area contributed by atoms with Crippen LogP contribution in [-0.2, 0) is 19.6 Å². The lowest BCUT2D eigenvalue weighted by molar-refractivity contribution is -0.0883. The minimum atomic E-state index is -4.28. The van der Waals surface area contributed by atoms with E-state index in [9.17, 15) is 28.2 Å². The number of rotatable bonds is 3. The third-order valence-electron chi connectivity index (χ3n) is 3.27.